The highest BCUT2D eigenvalue weighted by atomic mass is 16.1. The fourth-order valence-corrected chi connectivity index (χ4v) is 2.45. The highest BCUT2D eigenvalue weighted by Gasteiger charge is 2.20. The van der Waals surface area contributed by atoms with Crippen molar-refractivity contribution in [1.29, 1.82) is 0 Å². The molecule has 0 bridgehead atoms. The minimum atomic E-state index is -0.291. The van der Waals surface area contributed by atoms with Gasteiger partial charge < -0.3 is 9.88 Å². The number of tetrazole rings is 1. The first-order valence-corrected chi connectivity index (χ1v) is 7.61. The second-order valence-corrected chi connectivity index (χ2v) is 5.67. The summed E-state index contributed by atoms with van der Waals surface area (Å²) in [4.78, 5) is 12.7. The van der Waals surface area contributed by atoms with E-state index in [1.54, 1.807) is 24.5 Å². The summed E-state index contributed by atoms with van der Waals surface area (Å²) < 4.78 is 1.93. The van der Waals surface area contributed by atoms with Crippen molar-refractivity contribution in [2.24, 2.45) is 0 Å². The van der Waals surface area contributed by atoms with Gasteiger partial charge in [-0.2, -0.15) is 5.21 Å². The molecule has 0 saturated carbocycles. The number of hydrogen-bond acceptors (Lipinski definition) is 6. The molecule has 0 spiro atoms. The lowest BCUT2D eigenvalue weighted by Gasteiger charge is -2.17. The fraction of sp³-hybridized carbons (Fsp3) is 0.333. The highest BCUT2D eigenvalue weighted by molar-refractivity contribution is 6.00. The first-order valence-electron chi connectivity index (χ1n) is 7.61. The van der Waals surface area contributed by atoms with E-state index in [0.717, 1.165) is 0 Å². The number of rotatable bonds is 5. The molecular formula is C15H18N8O. The average molecular weight is 326 g/mol. The first-order chi connectivity index (χ1) is 11.6. The molecule has 124 valence electrons. The van der Waals surface area contributed by atoms with Crippen molar-refractivity contribution in [3.63, 3.8) is 0 Å². The summed E-state index contributed by atoms with van der Waals surface area (Å²) in [5.41, 5.74) is 1.09. The normalized spacial score (nSPS) is 12.3. The smallest absolute Gasteiger partial charge is 0.252 e. The minimum absolute atomic E-state index is 0.209. The molecule has 0 aliphatic carbocycles. The largest absolute Gasteiger partial charge is 0.342 e. The third-order valence-corrected chi connectivity index (χ3v) is 3.65. The van der Waals surface area contributed by atoms with Gasteiger partial charge in [-0.25, -0.2) is 0 Å². The number of carbonyl (C=O) groups excluding carboxylic acids is 1. The van der Waals surface area contributed by atoms with E-state index in [1.165, 1.54) is 0 Å². The van der Waals surface area contributed by atoms with Crippen LogP contribution in [-0.4, -0.2) is 41.3 Å². The number of carbonyl (C=O) groups is 1. The summed E-state index contributed by atoms with van der Waals surface area (Å²) in [6, 6.07) is 7.03. The van der Waals surface area contributed by atoms with E-state index in [9.17, 15) is 4.79 Å². The SMILES string of the molecule is CC(NC(=O)c1ccccc1-c1nn[nH]n1)c1nncn1C(C)C. The predicted octanol–water partition coefficient (Wildman–Crippen LogP) is 1.53. The lowest BCUT2D eigenvalue weighted by atomic mass is 10.1. The second-order valence-electron chi connectivity index (χ2n) is 5.67. The molecule has 1 unspecified atom stereocenters. The lowest BCUT2D eigenvalue weighted by molar-refractivity contribution is 0.0938. The zero-order valence-electron chi connectivity index (χ0n) is 13.6. The molecule has 2 N–H and O–H groups in total. The van der Waals surface area contributed by atoms with Gasteiger partial charge >= 0.3 is 0 Å². The van der Waals surface area contributed by atoms with E-state index < -0.39 is 0 Å². The Kier molecular flexibility index (Phi) is 4.32. The van der Waals surface area contributed by atoms with Crippen LogP contribution in [0.2, 0.25) is 0 Å². The molecule has 2 heterocycles. The summed E-state index contributed by atoms with van der Waals surface area (Å²) in [6.07, 6.45) is 1.66. The van der Waals surface area contributed by atoms with Gasteiger partial charge in [-0.3, -0.25) is 4.79 Å². The van der Waals surface area contributed by atoms with Crippen LogP contribution in [0.25, 0.3) is 11.4 Å². The molecule has 0 radical (unpaired) electrons. The van der Waals surface area contributed by atoms with Gasteiger partial charge in [-0.15, -0.1) is 20.4 Å². The van der Waals surface area contributed by atoms with Crippen LogP contribution >= 0.6 is 0 Å². The number of nitrogens with one attached hydrogen (secondary N) is 2. The Morgan fingerprint density at radius 2 is 2.00 bits per heavy atom. The second kappa shape index (κ2) is 6.57. The predicted molar refractivity (Wildman–Crippen MR) is 85.9 cm³/mol. The van der Waals surface area contributed by atoms with E-state index in [0.29, 0.717) is 22.8 Å². The number of hydrogen-bond donors (Lipinski definition) is 2. The van der Waals surface area contributed by atoms with E-state index >= 15 is 0 Å². The van der Waals surface area contributed by atoms with Crippen LogP contribution in [0.4, 0.5) is 0 Å². The van der Waals surface area contributed by atoms with Crippen LogP contribution in [0.15, 0.2) is 30.6 Å². The van der Waals surface area contributed by atoms with Gasteiger partial charge in [-0.1, -0.05) is 18.2 Å². The Bertz CT molecular complexity index is 824. The number of aromatic nitrogens is 7. The molecular weight excluding hydrogens is 308 g/mol. The summed E-state index contributed by atoms with van der Waals surface area (Å²) >= 11 is 0. The highest BCUT2D eigenvalue weighted by Crippen LogP contribution is 2.20. The van der Waals surface area contributed by atoms with Gasteiger partial charge in [0.05, 0.1) is 11.6 Å². The summed E-state index contributed by atoms with van der Waals surface area (Å²) in [7, 11) is 0. The Morgan fingerprint density at radius 1 is 1.21 bits per heavy atom. The summed E-state index contributed by atoms with van der Waals surface area (Å²) in [5.74, 6) is 0.843. The van der Waals surface area contributed by atoms with Gasteiger partial charge in [0.1, 0.15) is 6.33 Å². The lowest BCUT2D eigenvalue weighted by Crippen LogP contribution is -2.29. The third kappa shape index (κ3) is 3.00. The molecule has 3 rings (SSSR count). The van der Waals surface area contributed by atoms with Gasteiger partial charge in [0.25, 0.3) is 5.91 Å². The zero-order valence-corrected chi connectivity index (χ0v) is 13.6. The monoisotopic (exact) mass is 326 g/mol. The number of H-pyrrole nitrogens is 1. The van der Waals surface area contributed by atoms with Gasteiger partial charge in [-0.05, 0) is 32.1 Å². The Hall–Kier alpha value is -3.10. The van der Waals surface area contributed by atoms with Crippen LogP contribution in [0.1, 0.15) is 49.0 Å². The molecule has 1 amide bonds. The van der Waals surface area contributed by atoms with E-state index in [2.05, 4.69) is 36.1 Å². The molecule has 24 heavy (non-hydrogen) atoms. The Balaban J connectivity index is 1.84. The zero-order chi connectivity index (χ0) is 17.1. The van der Waals surface area contributed by atoms with Gasteiger partial charge in [0, 0.05) is 11.6 Å². The number of aromatic amines is 1. The molecule has 9 heteroatoms. The van der Waals surface area contributed by atoms with Crippen LogP contribution in [0, 0.1) is 0 Å². The van der Waals surface area contributed by atoms with Crippen LogP contribution < -0.4 is 5.32 Å². The fourth-order valence-electron chi connectivity index (χ4n) is 2.45. The van der Waals surface area contributed by atoms with E-state index in [1.807, 2.05) is 31.4 Å². The van der Waals surface area contributed by atoms with Crippen molar-refractivity contribution >= 4 is 5.91 Å². The molecule has 1 atom stereocenters. The topological polar surface area (TPSA) is 114 Å². The molecule has 2 aromatic heterocycles. The van der Waals surface area contributed by atoms with Crippen molar-refractivity contribution in [2.45, 2.75) is 32.9 Å². The quantitative estimate of drug-likeness (QED) is 0.735. The van der Waals surface area contributed by atoms with Crippen LogP contribution in [0.5, 0.6) is 0 Å². The maximum absolute atomic E-state index is 12.7. The Morgan fingerprint density at radius 3 is 2.71 bits per heavy atom. The van der Waals surface area contributed by atoms with E-state index in [-0.39, 0.29) is 18.0 Å². The minimum Gasteiger partial charge on any atom is -0.342 e. The van der Waals surface area contributed by atoms with Crippen molar-refractivity contribution in [3.05, 3.63) is 42.0 Å². The van der Waals surface area contributed by atoms with Crippen molar-refractivity contribution < 1.29 is 4.79 Å². The number of amides is 1. The molecule has 0 saturated heterocycles. The van der Waals surface area contributed by atoms with Crippen molar-refractivity contribution in [1.82, 2.24) is 40.7 Å². The molecule has 0 aliphatic rings. The average Bonchev–Trinajstić information content (AvgIpc) is 3.26. The maximum atomic E-state index is 12.7. The third-order valence-electron chi connectivity index (χ3n) is 3.65. The number of nitrogens with zero attached hydrogens (tertiary/aromatic N) is 6. The molecule has 0 aliphatic heterocycles. The standard InChI is InChI=1S/C15H18N8O/c1-9(2)23-8-16-20-14(23)10(3)17-15(24)12-7-5-4-6-11(12)13-18-21-22-19-13/h4-10H,1-3H3,(H,17,24)(H,18,19,21,22). The van der Waals surface area contributed by atoms with Crippen LogP contribution in [-0.2, 0) is 0 Å². The molecule has 1 aromatic carbocycles. The number of benzene rings is 1. The van der Waals surface area contributed by atoms with Crippen LogP contribution in [0.3, 0.4) is 0 Å². The Labute approximate surface area is 138 Å². The molecule has 0 fully saturated rings. The maximum Gasteiger partial charge on any atom is 0.252 e. The van der Waals surface area contributed by atoms with Gasteiger partial charge in [0.15, 0.2) is 5.82 Å². The molecule has 9 nitrogen and oxygen atoms in total. The molecule has 3 aromatic rings. The summed E-state index contributed by atoms with van der Waals surface area (Å²) in [5, 5.41) is 24.8. The van der Waals surface area contributed by atoms with Crippen molar-refractivity contribution in [3.8, 4) is 11.4 Å². The van der Waals surface area contributed by atoms with Gasteiger partial charge in [0.2, 0.25) is 5.82 Å². The van der Waals surface area contributed by atoms with Crippen molar-refractivity contribution in [2.75, 3.05) is 0 Å². The first kappa shape index (κ1) is 15.8. The van der Waals surface area contributed by atoms with E-state index in [4.69, 9.17) is 0 Å². The summed E-state index contributed by atoms with van der Waals surface area (Å²) in [6.45, 7) is 5.94.